The first-order valence-electron chi connectivity index (χ1n) is 6.21. The Labute approximate surface area is 131 Å². The van der Waals surface area contributed by atoms with Crippen LogP contribution in [0.5, 0.6) is 0 Å². The Bertz CT molecular complexity index is 749. The van der Waals surface area contributed by atoms with Gasteiger partial charge in [0.15, 0.2) is 0 Å². The molecule has 106 valence electrons. The Kier molecular flexibility index (Phi) is 3.61. The van der Waals surface area contributed by atoms with E-state index in [2.05, 4.69) is 0 Å². The second kappa shape index (κ2) is 5.42. The summed E-state index contributed by atoms with van der Waals surface area (Å²) in [5.41, 5.74) is 1.40. The number of aryl methyl sites for hydroxylation is 1. The van der Waals surface area contributed by atoms with Crippen LogP contribution in [-0.4, -0.2) is 15.7 Å². The summed E-state index contributed by atoms with van der Waals surface area (Å²) in [5.74, 6) is -0.312. The number of hydrogen-bond acceptors (Lipinski definition) is 3. The summed E-state index contributed by atoms with van der Waals surface area (Å²) >= 11 is 6.76. The number of anilines is 1. The van der Waals surface area contributed by atoms with E-state index in [1.54, 1.807) is 30.3 Å². The van der Waals surface area contributed by atoms with Gasteiger partial charge in [-0.15, -0.1) is 0 Å². The molecule has 0 aliphatic carbocycles. The SMILES string of the molecule is Cn1cccc1/C=C1/SC(=O)N(c2ccc(Cl)cc2)C1=O. The lowest BCUT2D eigenvalue weighted by molar-refractivity contribution is -0.113. The summed E-state index contributed by atoms with van der Waals surface area (Å²) in [7, 11) is 1.88. The van der Waals surface area contributed by atoms with E-state index in [4.69, 9.17) is 11.6 Å². The Balaban J connectivity index is 1.94. The number of hydrogen-bond donors (Lipinski definition) is 0. The van der Waals surface area contributed by atoms with E-state index in [1.165, 1.54) is 0 Å². The van der Waals surface area contributed by atoms with Gasteiger partial charge in [0, 0.05) is 24.0 Å². The van der Waals surface area contributed by atoms with E-state index >= 15 is 0 Å². The molecule has 3 rings (SSSR count). The van der Waals surface area contributed by atoms with Crippen LogP contribution in [0.4, 0.5) is 10.5 Å². The van der Waals surface area contributed by atoms with Crippen molar-refractivity contribution in [3.8, 4) is 0 Å². The predicted molar refractivity (Wildman–Crippen MR) is 85.3 cm³/mol. The average Bonchev–Trinajstić information content (AvgIpc) is 2.97. The molecule has 1 aromatic carbocycles. The van der Waals surface area contributed by atoms with Crippen molar-refractivity contribution >= 4 is 46.3 Å². The Morgan fingerprint density at radius 3 is 2.48 bits per heavy atom. The van der Waals surface area contributed by atoms with Crippen LogP contribution in [0.15, 0.2) is 47.5 Å². The second-order valence-electron chi connectivity index (χ2n) is 4.54. The van der Waals surface area contributed by atoms with E-state index in [0.717, 1.165) is 22.4 Å². The maximum Gasteiger partial charge on any atom is 0.298 e. The highest BCUT2D eigenvalue weighted by atomic mass is 35.5. The molecule has 0 N–H and O–H groups in total. The third-order valence-corrected chi connectivity index (χ3v) is 4.26. The van der Waals surface area contributed by atoms with Crippen LogP contribution in [0.3, 0.4) is 0 Å². The summed E-state index contributed by atoms with van der Waals surface area (Å²) in [5, 5.41) is 0.257. The molecule has 1 aliphatic rings. The van der Waals surface area contributed by atoms with Crippen molar-refractivity contribution in [3.05, 3.63) is 58.2 Å². The van der Waals surface area contributed by atoms with Crippen molar-refractivity contribution < 1.29 is 9.59 Å². The summed E-state index contributed by atoms with van der Waals surface area (Å²) in [6, 6.07) is 10.4. The molecular weight excluding hydrogens is 308 g/mol. The minimum absolute atomic E-state index is 0.303. The van der Waals surface area contributed by atoms with Gasteiger partial charge in [-0.25, -0.2) is 4.90 Å². The number of rotatable bonds is 2. The molecular formula is C15H11ClN2O2S. The number of aromatic nitrogens is 1. The minimum Gasteiger partial charge on any atom is -0.351 e. The van der Waals surface area contributed by atoms with Gasteiger partial charge in [0.25, 0.3) is 11.1 Å². The van der Waals surface area contributed by atoms with Crippen molar-refractivity contribution in [1.82, 2.24) is 4.57 Å². The smallest absolute Gasteiger partial charge is 0.298 e. The average molecular weight is 319 g/mol. The fraction of sp³-hybridized carbons (Fsp3) is 0.0667. The van der Waals surface area contributed by atoms with Gasteiger partial charge >= 0.3 is 0 Å². The highest BCUT2D eigenvalue weighted by Gasteiger charge is 2.36. The Hall–Kier alpha value is -1.98. The molecule has 1 aliphatic heterocycles. The van der Waals surface area contributed by atoms with Crippen LogP contribution in [0.25, 0.3) is 6.08 Å². The molecule has 2 amide bonds. The fourth-order valence-corrected chi connectivity index (χ4v) is 2.99. The van der Waals surface area contributed by atoms with Crippen LogP contribution < -0.4 is 4.90 Å². The molecule has 1 saturated heterocycles. The van der Waals surface area contributed by atoms with E-state index < -0.39 is 0 Å². The first-order valence-corrected chi connectivity index (χ1v) is 7.40. The van der Waals surface area contributed by atoms with Gasteiger partial charge < -0.3 is 4.57 Å². The minimum atomic E-state index is -0.312. The number of carbonyl (C=O) groups is 2. The van der Waals surface area contributed by atoms with E-state index in [0.29, 0.717) is 15.6 Å². The first-order chi connectivity index (χ1) is 10.1. The summed E-state index contributed by atoms with van der Waals surface area (Å²) in [6.45, 7) is 0. The van der Waals surface area contributed by atoms with E-state index in [1.807, 2.05) is 29.9 Å². The summed E-state index contributed by atoms with van der Waals surface area (Å²) in [6.07, 6.45) is 3.61. The lowest BCUT2D eigenvalue weighted by Crippen LogP contribution is -2.27. The summed E-state index contributed by atoms with van der Waals surface area (Å²) < 4.78 is 1.89. The highest BCUT2D eigenvalue weighted by Crippen LogP contribution is 2.35. The van der Waals surface area contributed by atoms with E-state index in [9.17, 15) is 9.59 Å². The molecule has 2 heterocycles. The number of thioether (sulfide) groups is 1. The quantitative estimate of drug-likeness (QED) is 0.788. The van der Waals surface area contributed by atoms with Gasteiger partial charge in [-0.3, -0.25) is 9.59 Å². The lowest BCUT2D eigenvalue weighted by Gasteiger charge is -2.12. The van der Waals surface area contributed by atoms with Gasteiger partial charge in [-0.05, 0) is 54.2 Å². The fourth-order valence-electron chi connectivity index (χ4n) is 2.04. The lowest BCUT2D eigenvalue weighted by atomic mass is 10.3. The number of amides is 2. The van der Waals surface area contributed by atoms with Crippen LogP contribution in [0.1, 0.15) is 5.69 Å². The monoisotopic (exact) mass is 318 g/mol. The predicted octanol–water partition coefficient (Wildman–Crippen LogP) is 3.92. The third-order valence-electron chi connectivity index (χ3n) is 3.14. The molecule has 21 heavy (non-hydrogen) atoms. The molecule has 0 saturated carbocycles. The maximum absolute atomic E-state index is 12.4. The van der Waals surface area contributed by atoms with Crippen molar-refractivity contribution in [1.29, 1.82) is 0 Å². The zero-order chi connectivity index (χ0) is 15.0. The van der Waals surface area contributed by atoms with Crippen molar-refractivity contribution in [2.24, 2.45) is 7.05 Å². The van der Waals surface area contributed by atoms with Crippen molar-refractivity contribution in [2.45, 2.75) is 0 Å². The topological polar surface area (TPSA) is 42.3 Å². The zero-order valence-electron chi connectivity index (χ0n) is 11.1. The molecule has 1 aromatic heterocycles. The first kappa shape index (κ1) is 14.0. The number of nitrogens with zero attached hydrogens (tertiary/aromatic N) is 2. The molecule has 0 radical (unpaired) electrons. The van der Waals surface area contributed by atoms with Crippen LogP contribution in [0.2, 0.25) is 5.02 Å². The molecule has 0 bridgehead atoms. The third kappa shape index (κ3) is 2.62. The van der Waals surface area contributed by atoms with Gasteiger partial charge in [-0.1, -0.05) is 11.6 Å². The molecule has 6 heteroatoms. The normalized spacial score (nSPS) is 17.0. The number of halogens is 1. The number of benzene rings is 1. The van der Waals surface area contributed by atoms with Crippen LogP contribution >= 0.6 is 23.4 Å². The van der Waals surface area contributed by atoms with Crippen LogP contribution in [-0.2, 0) is 11.8 Å². The van der Waals surface area contributed by atoms with Crippen molar-refractivity contribution in [2.75, 3.05) is 4.90 Å². The zero-order valence-corrected chi connectivity index (χ0v) is 12.7. The standard InChI is InChI=1S/C15H11ClN2O2S/c1-17-8-2-3-12(17)9-13-14(19)18(15(20)21-13)11-6-4-10(16)5-7-11/h2-9H,1H3/b13-9+. The molecule has 0 spiro atoms. The van der Waals surface area contributed by atoms with Gasteiger partial charge in [0.1, 0.15) is 0 Å². The van der Waals surface area contributed by atoms with E-state index in [-0.39, 0.29) is 11.1 Å². The van der Waals surface area contributed by atoms with Crippen molar-refractivity contribution in [3.63, 3.8) is 0 Å². The number of imide groups is 1. The number of carbonyl (C=O) groups excluding carboxylic acids is 2. The Morgan fingerprint density at radius 1 is 1.14 bits per heavy atom. The van der Waals surface area contributed by atoms with Gasteiger partial charge in [0.2, 0.25) is 0 Å². The largest absolute Gasteiger partial charge is 0.351 e. The maximum atomic E-state index is 12.4. The van der Waals surface area contributed by atoms with Crippen LogP contribution in [0, 0.1) is 0 Å². The Morgan fingerprint density at radius 2 is 1.86 bits per heavy atom. The van der Waals surface area contributed by atoms with Gasteiger partial charge in [0.05, 0.1) is 10.6 Å². The second-order valence-corrected chi connectivity index (χ2v) is 5.97. The molecule has 4 nitrogen and oxygen atoms in total. The molecule has 0 unspecified atom stereocenters. The highest BCUT2D eigenvalue weighted by molar-refractivity contribution is 8.19. The molecule has 1 fully saturated rings. The molecule has 2 aromatic rings. The summed E-state index contributed by atoms with van der Waals surface area (Å²) in [4.78, 5) is 26.1. The molecule has 0 atom stereocenters. The van der Waals surface area contributed by atoms with Gasteiger partial charge in [-0.2, -0.15) is 0 Å².